The summed E-state index contributed by atoms with van der Waals surface area (Å²) >= 11 is 4.59. The van der Waals surface area contributed by atoms with E-state index in [9.17, 15) is 9.59 Å². The van der Waals surface area contributed by atoms with Crippen molar-refractivity contribution in [1.82, 2.24) is 9.55 Å². The van der Waals surface area contributed by atoms with E-state index in [4.69, 9.17) is 4.74 Å². The van der Waals surface area contributed by atoms with Crippen molar-refractivity contribution < 1.29 is 9.53 Å². The van der Waals surface area contributed by atoms with Crippen molar-refractivity contribution in [3.63, 3.8) is 0 Å². The molecule has 0 saturated carbocycles. The van der Waals surface area contributed by atoms with E-state index in [1.54, 1.807) is 19.1 Å². The van der Waals surface area contributed by atoms with Gasteiger partial charge in [0.1, 0.15) is 0 Å². The van der Waals surface area contributed by atoms with Crippen LogP contribution in [0.3, 0.4) is 0 Å². The number of rotatable bonds is 5. The van der Waals surface area contributed by atoms with E-state index in [0.717, 1.165) is 10.0 Å². The summed E-state index contributed by atoms with van der Waals surface area (Å²) in [6.45, 7) is 4.07. The fraction of sp³-hybridized carbons (Fsp3) is 0.211. The Labute approximate surface area is 163 Å². The van der Waals surface area contributed by atoms with Crippen LogP contribution in [0.1, 0.15) is 12.5 Å². The monoisotopic (exact) mass is 432 g/mol. The van der Waals surface area contributed by atoms with Gasteiger partial charge in [-0.05, 0) is 44.2 Å². The van der Waals surface area contributed by atoms with Gasteiger partial charge in [-0.2, -0.15) is 0 Å². The van der Waals surface area contributed by atoms with Gasteiger partial charge in [0.15, 0.2) is 5.16 Å². The molecule has 0 radical (unpaired) electrons. The first-order valence-electron chi connectivity index (χ1n) is 8.07. The molecule has 2 aromatic carbocycles. The van der Waals surface area contributed by atoms with Crippen molar-refractivity contribution in [2.75, 3.05) is 12.4 Å². The van der Waals surface area contributed by atoms with Gasteiger partial charge < -0.3 is 4.74 Å². The molecule has 0 atom stereocenters. The van der Waals surface area contributed by atoms with Gasteiger partial charge in [0.2, 0.25) is 0 Å². The Kier molecular flexibility index (Phi) is 5.78. The number of benzene rings is 2. The molecule has 5 nitrogen and oxygen atoms in total. The first kappa shape index (κ1) is 18.7. The molecule has 0 aliphatic carbocycles. The number of hydrogen-bond acceptors (Lipinski definition) is 5. The standard InChI is InChI=1S/C19H17BrN2O3S/c1-3-25-17(23)11-26-19-21-16-9-6-13(20)10-15(16)18(24)22(19)14-7-4-12(2)5-8-14/h4-10H,3,11H2,1-2H3. The Balaban J connectivity index is 2.15. The van der Waals surface area contributed by atoms with E-state index in [-0.39, 0.29) is 17.3 Å². The number of esters is 1. The lowest BCUT2D eigenvalue weighted by Gasteiger charge is -2.13. The molecule has 1 heterocycles. The summed E-state index contributed by atoms with van der Waals surface area (Å²) < 4.78 is 7.33. The largest absolute Gasteiger partial charge is 0.465 e. The molecule has 0 bridgehead atoms. The molecule has 3 rings (SSSR count). The van der Waals surface area contributed by atoms with Crippen molar-refractivity contribution in [1.29, 1.82) is 0 Å². The second-order valence-corrected chi connectivity index (χ2v) is 7.48. The lowest BCUT2D eigenvalue weighted by atomic mass is 10.2. The molecule has 0 aliphatic heterocycles. The normalized spacial score (nSPS) is 10.9. The first-order valence-corrected chi connectivity index (χ1v) is 9.85. The molecule has 7 heteroatoms. The Hall–Kier alpha value is -2.12. The summed E-state index contributed by atoms with van der Waals surface area (Å²) in [4.78, 5) is 29.5. The van der Waals surface area contributed by atoms with E-state index in [1.165, 1.54) is 16.3 Å². The summed E-state index contributed by atoms with van der Waals surface area (Å²) in [6.07, 6.45) is 0. The van der Waals surface area contributed by atoms with Gasteiger partial charge in [0.05, 0.1) is 29.0 Å². The Morgan fingerprint density at radius 1 is 1.23 bits per heavy atom. The van der Waals surface area contributed by atoms with Crippen LogP contribution in [-0.4, -0.2) is 27.9 Å². The summed E-state index contributed by atoms with van der Waals surface area (Å²) in [5, 5.41) is 0.974. The Morgan fingerprint density at radius 2 is 1.96 bits per heavy atom. The maximum absolute atomic E-state index is 13.1. The number of carbonyl (C=O) groups is 1. The number of carbonyl (C=O) groups excluding carboxylic acids is 1. The highest BCUT2D eigenvalue weighted by Crippen LogP contribution is 2.23. The van der Waals surface area contributed by atoms with Gasteiger partial charge in [0, 0.05) is 4.47 Å². The van der Waals surface area contributed by atoms with Crippen LogP contribution < -0.4 is 5.56 Å². The summed E-state index contributed by atoms with van der Waals surface area (Å²) in [5.74, 6) is -0.244. The van der Waals surface area contributed by atoms with Crippen LogP contribution in [0.15, 0.2) is 56.9 Å². The van der Waals surface area contributed by atoms with Crippen LogP contribution in [-0.2, 0) is 9.53 Å². The highest BCUT2D eigenvalue weighted by atomic mass is 79.9. The van der Waals surface area contributed by atoms with Gasteiger partial charge in [-0.1, -0.05) is 45.4 Å². The van der Waals surface area contributed by atoms with E-state index >= 15 is 0 Å². The minimum Gasteiger partial charge on any atom is -0.465 e. The molecule has 0 amide bonds. The zero-order valence-electron chi connectivity index (χ0n) is 14.4. The van der Waals surface area contributed by atoms with E-state index in [1.807, 2.05) is 37.3 Å². The van der Waals surface area contributed by atoms with E-state index in [0.29, 0.717) is 28.4 Å². The van der Waals surface area contributed by atoms with Crippen molar-refractivity contribution >= 4 is 44.6 Å². The number of thioether (sulfide) groups is 1. The molecule has 134 valence electrons. The van der Waals surface area contributed by atoms with Crippen LogP contribution >= 0.6 is 27.7 Å². The summed E-state index contributed by atoms with van der Waals surface area (Å²) in [5.41, 5.74) is 2.22. The Bertz CT molecular complexity index is 1020. The lowest BCUT2D eigenvalue weighted by Crippen LogP contribution is -2.22. The number of aromatic nitrogens is 2. The lowest BCUT2D eigenvalue weighted by molar-refractivity contribution is -0.139. The number of aryl methyl sites for hydroxylation is 1. The SMILES string of the molecule is CCOC(=O)CSc1nc2ccc(Br)cc2c(=O)n1-c1ccc(C)cc1. The molecule has 1 aromatic heterocycles. The van der Waals surface area contributed by atoms with E-state index in [2.05, 4.69) is 20.9 Å². The second kappa shape index (κ2) is 8.05. The third-order valence-corrected chi connectivity index (χ3v) is 5.12. The molecule has 0 spiro atoms. The van der Waals surface area contributed by atoms with Gasteiger partial charge in [-0.15, -0.1) is 0 Å². The maximum Gasteiger partial charge on any atom is 0.316 e. The second-order valence-electron chi connectivity index (χ2n) is 5.63. The highest BCUT2D eigenvalue weighted by molar-refractivity contribution is 9.10. The van der Waals surface area contributed by atoms with Crippen LogP contribution in [0.4, 0.5) is 0 Å². The zero-order chi connectivity index (χ0) is 18.7. The average molecular weight is 433 g/mol. The third kappa shape index (κ3) is 3.99. The number of halogens is 1. The first-order chi connectivity index (χ1) is 12.5. The van der Waals surface area contributed by atoms with Gasteiger partial charge >= 0.3 is 5.97 Å². The summed E-state index contributed by atoms with van der Waals surface area (Å²) in [6, 6.07) is 13.0. The summed E-state index contributed by atoms with van der Waals surface area (Å²) in [7, 11) is 0. The fourth-order valence-electron chi connectivity index (χ4n) is 2.48. The van der Waals surface area contributed by atoms with Gasteiger partial charge in [0.25, 0.3) is 5.56 Å². The highest BCUT2D eigenvalue weighted by Gasteiger charge is 2.15. The topological polar surface area (TPSA) is 61.2 Å². The molecule has 0 saturated heterocycles. The molecular weight excluding hydrogens is 416 g/mol. The van der Waals surface area contributed by atoms with Crippen molar-refractivity contribution in [2.45, 2.75) is 19.0 Å². The molecule has 0 aliphatic rings. The van der Waals surface area contributed by atoms with E-state index < -0.39 is 0 Å². The van der Waals surface area contributed by atoms with Crippen molar-refractivity contribution in [3.8, 4) is 5.69 Å². The Morgan fingerprint density at radius 3 is 2.65 bits per heavy atom. The van der Waals surface area contributed by atoms with Gasteiger partial charge in [-0.3, -0.25) is 14.2 Å². The van der Waals surface area contributed by atoms with Crippen LogP contribution in [0.2, 0.25) is 0 Å². The average Bonchev–Trinajstić information content (AvgIpc) is 2.62. The predicted molar refractivity (Wildman–Crippen MR) is 107 cm³/mol. The number of hydrogen-bond donors (Lipinski definition) is 0. The van der Waals surface area contributed by atoms with Crippen LogP contribution in [0.25, 0.3) is 16.6 Å². The van der Waals surface area contributed by atoms with Crippen molar-refractivity contribution in [2.24, 2.45) is 0 Å². The number of ether oxygens (including phenoxy) is 1. The molecule has 0 unspecified atom stereocenters. The van der Waals surface area contributed by atoms with Crippen molar-refractivity contribution in [3.05, 3.63) is 62.9 Å². The number of fused-ring (bicyclic) bond motifs is 1. The molecule has 3 aromatic rings. The predicted octanol–water partition coefficient (Wildman–Crippen LogP) is 4.11. The molecule has 0 fully saturated rings. The smallest absolute Gasteiger partial charge is 0.316 e. The van der Waals surface area contributed by atoms with Gasteiger partial charge in [-0.25, -0.2) is 4.98 Å². The molecular formula is C19H17BrN2O3S. The van der Waals surface area contributed by atoms with Crippen LogP contribution in [0.5, 0.6) is 0 Å². The molecule has 0 N–H and O–H groups in total. The quantitative estimate of drug-likeness (QED) is 0.344. The minimum atomic E-state index is -0.335. The maximum atomic E-state index is 13.1. The third-order valence-electron chi connectivity index (χ3n) is 3.72. The zero-order valence-corrected chi connectivity index (χ0v) is 16.8. The fourth-order valence-corrected chi connectivity index (χ4v) is 3.65. The molecule has 26 heavy (non-hydrogen) atoms. The minimum absolute atomic E-state index is 0.0914. The number of nitrogens with zero attached hydrogens (tertiary/aromatic N) is 2. The van der Waals surface area contributed by atoms with Crippen LogP contribution in [0, 0.1) is 6.92 Å².